The lowest BCUT2D eigenvalue weighted by Gasteiger charge is -2.18. The zero-order valence-electron chi connectivity index (χ0n) is 13.2. The summed E-state index contributed by atoms with van der Waals surface area (Å²) < 4.78 is 12.2. The summed E-state index contributed by atoms with van der Waals surface area (Å²) in [6, 6.07) is 15.9. The highest BCUT2D eigenvalue weighted by Crippen LogP contribution is 2.30. The molecule has 1 heterocycles. The Kier molecular flexibility index (Phi) is 7.38. The van der Waals surface area contributed by atoms with Crippen molar-refractivity contribution in [3.63, 3.8) is 0 Å². The number of benzene rings is 2. The van der Waals surface area contributed by atoms with Crippen LogP contribution in [0.25, 0.3) is 0 Å². The van der Waals surface area contributed by atoms with Gasteiger partial charge >= 0.3 is 5.97 Å². The maximum absolute atomic E-state index is 12.2. The van der Waals surface area contributed by atoms with Gasteiger partial charge in [-0.3, -0.25) is 0 Å². The van der Waals surface area contributed by atoms with E-state index in [1.54, 1.807) is 0 Å². The lowest BCUT2D eigenvalue weighted by molar-refractivity contribution is -0.132. The Hall–Kier alpha value is -2.24. The highest BCUT2D eigenvalue weighted by atomic mass is 32.2. The molecule has 0 amide bonds. The molecule has 1 aliphatic rings. The van der Waals surface area contributed by atoms with Crippen molar-refractivity contribution in [2.75, 3.05) is 7.11 Å². The molecule has 0 aromatic heterocycles. The van der Waals surface area contributed by atoms with Gasteiger partial charge in [-0.15, -0.1) is 0 Å². The van der Waals surface area contributed by atoms with Gasteiger partial charge in [0.2, 0.25) is 0 Å². The predicted octanol–water partition coefficient (Wildman–Crippen LogP) is 3.01. The van der Waals surface area contributed by atoms with E-state index in [0.29, 0.717) is 0 Å². The first kappa shape index (κ1) is 18.8. The maximum atomic E-state index is 12.2. The fraction of sp³-hybridized carbons (Fsp3) is 0.167. The molecule has 0 fully saturated rings. The molecule has 23 heavy (non-hydrogen) atoms. The first-order valence-corrected chi connectivity index (χ1v) is 8.07. The van der Waals surface area contributed by atoms with Crippen molar-refractivity contribution in [2.24, 2.45) is 0 Å². The highest BCUT2D eigenvalue weighted by molar-refractivity contribution is 7.85. The SMILES string of the molecule is C=C(C)C(=O)O.CO.O=S1c2ccccc2Cc2ccccc21. The number of rotatable bonds is 1. The average Bonchev–Trinajstić information content (AvgIpc) is 2.57. The molecule has 2 N–H and O–H groups in total. The fourth-order valence-corrected chi connectivity index (χ4v) is 3.38. The zero-order valence-corrected chi connectivity index (χ0v) is 14.0. The number of carboxylic acid groups (broad SMARTS) is 1. The van der Waals surface area contributed by atoms with E-state index in [9.17, 15) is 9.00 Å². The second-order valence-corrected chi connectivity index (χ2v) is 6.16. The van der Waals surface area contributed by atoms with Gasteiger partial charge in [0.15, 0.2) is 0 Å². The quantitative estimate of drug-likeness (QED) is 0.672. The summed E-state index contributed by atoms with van der Waals surface area (Å²) in [7, 11) is 0.00992. The molecular formula is C18H20O4S. The monoisotopic (exact) mass is 332 g/mol. The van der Waals surface area contributed by atoms with Crippen molar-refractivity contribution in [2.45, 2.75) is 23.1 Å². The van der Waals surface area contributed by atoms with Crippen LogP contribution in [0, 0.1) is 0 Å². The Balaban J connectivity index is 0.000000284. The third kappa shape index (κ3) is 4.87. The van der Waals surface area contributed by atoms with Crippen LogP contribution in [0.5, 0.6) is 0 Å². The van der Waals surface area contributed by atoms with E-state index in [1.165, 1.54) is 18.1 Å². The van der Waals surface area contributed by atoms with Crippen LogP contribution < -0.4 is 0 Å². The Labute approximate surface area is 138 Å². The highest BCUT2D eigenvalue weighted by Gasteiger charge is 2.20. The molecule has 0 radical (unpaired) electrons. The summed E-state index contributed by atoms with van der Waals surface area (Å²) in [4.78, 5) is 11.5. The normalized spacial score (nSPS) is 11.6. The second-order valence-electron chi connectivity index (χ2n) is 4.75. The van der Waals surface area contributed by atoms with Gasteiger partial charge in [-0.05, 0) is 36.6 Å². The number of carbonyl (C=O) groups is 1. The van der Waals surface area contributed by atoms with Gasteiger partial charge in [0.05, 0.1) is 10.8 Å². The van der Waals surface area contributed by atoms with Crippen LogP contribution in [0.4, 0.5) is 0 Å². The van der Waals surface area contributed by atoms with Crippen LogP contribution in [0.15, 0.2) is 70.5 Å². The molecule has 0 aliphatic carbocycles. The molecule has 0 saturated heterocycles. The summed E-state index contributed by atoms with van der Waals surface area (Å²) in [5.41, 5.74) is 2.55. The van der Waals surface area contributed by atoms with Crippen LogP contribution in [0.3, 0.4) is 0 Å². The number of aliphatic carboxylic acids is 1. The van der Waals surface area contributed by atoms with Crippen LogP contribution in [-0.2, 0) is 22.0 Å². The van der Waals surface area contributed by atoms with Crippen LogP contribution in [0.2, 0.25) is 0 Å². The molecule has 4 nitrogen and oxygen atoms in total. The average molecular weight is 332 g/mol. The Bertz CT molecular complexity index is 663. The minimum absolute atomic E-state index is 0.176. The Morgan fingerprint density at radius 2 is 1.35 bits per heavy atom. The van der Waals surface area contributed by atoms with E-state index >= 15 is 0 Å². The van der Waals surface area contributed by atoms with Crippen LogP contribution >= 0.6 is 0 Å². The van der Waals surface area contributed by atoms with E-state index in [2.05, 4.69) is 18.7 Å². The van der Waals surface area contributed by atoms with E-state index in [4.69, 9.17) is 10.2 Å². The number of hydrogen-bond donors (Lipinski definition) is 2. The minimum Gasteiger partial charge on any atom is -0.478 e. The number of aliphatic hydroxyl groups excluding tert-OH is 1. The van der Waals surface area contributed by atoms with Gasteiger partial charge in [0.25, 0.3) is 0 Å². The molecule has 3 rings (SSSR count). The van der Waals surface area contributed by atoms with Gasteiger partial charge in [-0.1, -0.05) is 43.0 Å². The molecule has 0 spiro atoms. The molecule has 0 unspecified atom stereocenters. The summed E-state index contributed by atoms with van der Waals surface area (Å²) in [6.07, 6.45) is 0.901. The lowest BCUT2D eigenvalue weighted by atomic mass is 10.0. The largest absolute Gasteiger partial charge is 0.478 e. The van der Waals surface area contributed by atoms with Gasteiger partial charge in [-0.2, -0.15) is 0 Å². The zero-order chi connectivity index (χ0) is 17.4. The minimum atomic E-state index is -0.990. The molecule has 2 aromatic carbocycles. The molecule has 0 atom stereocenters. The third-order valence-electron chi connectivity index (χ3n) is 3.09. The second kappa shape index (κ2) is 9.02. The van der Waals surface area contributed by atoms with Crippen molar-refractivity contribution in [1.29, 1.82) is 0 Å². The van der Waals surface area contributed by atoms with Crippen molar-refractivity contribution < 1.29 is 19.2 Å². The van der Waals surface area contributed by atoms with E-state index in [0.717, 1.165) is 23.3 Å². The summed E-state index contributed by atoms with van der Waals surface area (Å²) in [5.74, 6) is -0.935. The molecule has 0 bridgehead atoms. The van der Waals surface area contributed by atoms with E-state index < -0.39 is 16.8 Å². The van der Waals surface area contributed by atoms with Gasteiger partial charge in [0.1, 0.15) is 0 Å². The fourth-order valence-electron chi connectivity index (χ4n) is 1.99. The predicted molar refractivity (Wildman–Crippen MR) is 91.0 cm³/mol. The number of hydrogen-bond acceptors (Lipinski definition) is 3. The standard InChI is InChI=1S/C13H10OS.C4H6O2.CH4O/c14-15-12-7-3-1-5-10(12)9-11-6-2-4-8-13(11)15;1-3(2)4(5)6;1-2/h1-8H,9H2;1H2,2H3,(H,5,6);2H,1H3. The molecule has 1 aliphatic heterocycles. The van der Waals surface area contributed by atoms with Crippen LogP contribution in [-0.4, -0.2) is 27.5 Å². The van der Waals surface area contributed by atoms with Gasteiger partial charge in [0, 0.05) is 22.5 Å². The Morgan fingerprint density at radius 1 is 1.00 bits per heavy atom. The van der Waals surface area contributed by atoms with Gasteiger partial charge < -0.3 is 10.2 Å². The first-order valence-electron chi connectivity index (χ1n) is 6.92. The van der Waals surface area contributed by atoms with Crippen molar-refractivity contribution in [1.82, 2.24) is 0 Å². The topological polar surface area (TPSA) is 74.6 Å². The lowest BCUT2D eigenvalue weighted by Crippen LogP contribution is -2.08. The van der Waals surface area contributed by atoms with E-state index in [1.807, 2.05) is 36.4 Å². The molecule has 2 aromatic rings. The summed E-state index contributed by atoms with van der Waals surface area (Å²) in [5, 5.41) is 14.9. The number of fused-ring (bicyclic) bond motifs is 2. The van der Waals surface area contributed by atoms with Crippen LogP contribution in [0.1, 0.15) is 18.1 Å². The molecule has 0 saturated carbocycles. The third-order valence-corrected chi connectivity index (χ3v) is 4.69. The van der Waals surface area contributed by atoms with E-state index in [-0.39, 0.29) is 5.57 Å². The first-order chi connectivity index (χ1) is 11.0. The van der Waals surface area contributed by atoms with Crippen molar-refractivity contribution in [3.05, 3.63) is 71.8 Å². The van der Waals surface area contributed by atoms with Gasteiger partial charge in [-0.25, -0.2) is 9.00 Å². The molecule has 5 heteroatoms. The summed E-state index contributed by atoms with van der Waals surface area (Å²) >= 11 is 0. The number of carboxylic acids is 1. The molecule has 122 valence electrons. The van der Waals surface area contributed by atoms with Crippen molar-refractivity contribution >= 4 is 16.8 Å². The van der Waals surface area contributed by atoms with Crippen molar-refractivity contribution in [3.8, 4) is 0 Å². The molecular weight excluding hydrogens is 312 g/mol. The Morgan fingerprint density at radius 3 is 1.70 bits per heavy atom. The number of aliphatic hydroxyl groups is 1. The summed E-state index contributed by atoms with van der Waals surface area (Å²) in [6.45, 7) is 4.60. The smallest absolute Gasteiger partial charge is 0.330 e. The maximum Gasteiger partial charge on any atom is 0.330 e.